The monoisotopic (exact) mass is 333 g/mol. The zero-order valence-electron chi connectivity index (χ0n) is 14.6. The highest BCUT2D eigenvalue weighted by Gasteiger charge is 2.39. The molecule has 1 aliphatic carbocycles. The lowest BCUT2D eigenvalue weighted by Gasteiger charge is -2.26. The third-order valence-electron chi connectivity index (χ3n) is 5.11. The van der Waals surface area contributed by atoms with Crippen LogP contribution in [-0.4, -0.2) is 51.2 Å². The Hall–Kier alpha value is -1.69. The van der Waals surface area contributed by atoms with E-state index in [-0.39, 0.29) is 18.5 Å². The Labute approximate surface area is 143 Å². The molecule has 1 N–H and O–H groups in total. The van der Waals surface area contributed by atoms with Crippen LogP contribution in [0.4, 0.5) is 0 Å². The van der Waals surface area contributed by atoms with Crippen LogP contribution in [0, 0.1) is 19.8 Å². The summed E-state index contributed by atoms with van der Waals surface area (Å²) < 4.78 is 5.60. The van der Waals surface area contributed by atoms with E-state index in [2.05, 4.69) is 9.97 Å². The van der Waals surface area contributed by atoms with E-state index in [1.807, 2.05) is 19.9 Å². The van der Waals surface area contributed by atoms with E-state index in [4.69, 9.17) is 4.74 Å². The molecule has 1 saturated carbocycles. The molecule has 132 valence electrons. The van der Waals surface area contributed by atoms with Gasteiger partial charge in [0.05, 0.1) is 6.54 Å². The number of aliphatic hydroxyl groups is 1. The van der Waals surface area contributed by atoms with Gasteiger partial charge in [-0.1, -0.05) is 19.3 Å². The average molecular weight is 333 g/mol. The smallest absolute Gasteiger partial charge is 0.316 e. The second-order valence-electron chi connectivity index (χ2n) is 7.35. The summed E-state index contributed by atoms with van der Waals surface area (Å²) in [7, 11) is 0. The van der Waals surface area contributed by atoms with E-state index in [0.29, 0.717) is 25.9 Å². The highest BCUT2D eigenvalue weighted by Crippen LogP contribution is 2.31. The molecule has 0 unspecified atom stereocenters. The Morgan fingerprint density at radius 3 is 2.71 bits per heavy atom. The number of aromatic nitrogens is 2. The number of nitrogens with zero attached hydrogens (tertiary/aromatic N) is 3. The van der Waals surface area contributed by atoms with Crippen molar-refractivity contribution in [2.45, 2.75) is 58.0 Å². The van der Waals surface area contributed by atoms with Gasteiger partial charge in [-0.15, -0.1) is 0 Å². The van der Waals surface area contributed by atoms with Crippen LogP contribution in [0.3, 0.4) is 0 Å². The molecule has 1 amide bonds. The zero-order valence-corrected chi connectivity index (χ0v) is 14.6. The maximum Gasteiger partial charge on any atom is 0.316 e. The molecule has 3 rings (SSSR count). The summed E-state index contributed by atoms with van der Waals surface area (Å²) in [6.07, 6.45) is 5.96. The maximum absolute atomic E-state index is 12.3. The number of hydrogen-bond donors (Lipinski definition) is 1. The van der Waals surface area contributed by atoms with Crippen LogP contribution in [0.2, 0.25) is 0 Å². The van der Waals surface area contributed by atoms with Gasteiger partial charge in [0.2, 0.25) is 5.91 Å². The predicted octanol–water partition coefficient (Wildman–Crippen LogP) is 2.02. The summed E-state index contributed by atoms with van der Waals surface area (Å²) in [4.78, 5) is 22.5. The first-order chi connectivity index (χ1) is 11.4. The van der Waals surface area contributed by atoms with Crippen molar-refractivity contribution in [3.63, 3.8) is 0 Å². The minimum Gasteiger partial charge on any atom is -0.460 e. The Balaban J connectivity index is 1.48. The number of rotatable bonds is 6. The van der Waals surface area contributed by atoms with Crippen LogP contribution in [0.5, 0.6) is 6.01 Å². The third-order valence-corrected chi connectivity index (χ3v) is 5.11. The third kappa shape index (κ3) is 4.23. The molecule has 2 fully saturated rings. The molecule has 0 radical (unpaired) electrons. The highest BCUT2D eigenvalue weighted by molar-refractivity contribution is 5.76. The lowest BCUT2D eigenvalue weighted by atomic mass is 9.82. The minimum atomic E-state index is -1.01. The van der Waals surface area contributed by atoms with Crippen molar-refractivity contribution in [1.29, 1.82) is 0 Å². The summed E-state index contributed by atoms with van der Waals surface area (Å²) in [5.74, 6) is 0.890. The van der Waals surface area contributed by atoms with Crippen molar-refractivity contribution in [3.05, 3.63) is 17.5 Å². The van der Waals surface area contributed by atoms with Crippen LogP contribution in [0.15, 0.2) is 6.07 Å². The number of β-amino-alcohol motifs (C(OH)–C–C–N with tert-alkyl or cyclic N) is 1. The van der Waals surface area contributed by atoms with Crippen LogP contribution in [-0.2, 0) is 4.79 Å². The van der Waals surface area contributed by atoms with Gasteiger partial charge in [-0.25, -0.2) is 9.97 Å². The summed E-state index contributed by atoms with van der Waals surface area (Å²) >= 11 is 0. The molecular formula is C18H27N3O3. The fourth-order valence-corrected chi connectivity index (χ4v) is 3.41. The summed E-state index contributed by atoms with van der Waals surface area (Å²) in [6.45, 7) is 4.81. The first-order valence-corrected chi connectivity index (χ1v) is 8.89. The topological polar surface area (TPSA) is 75.6 Å². The molecular weight excluding hydrogens is 306 g/mol. The van der Waals surface area contributed by atoms with Gasteiger partial charge >= 0.3 is 6.01 Å². The molecule has 0 bridgehead atoms. The van der Waals surface area contributed by atoms with Gasteiger partial charge in [-0.3, -0.25) is 4.79 Å². The normalized spacial score (nSPS) is 24.0. The van der Waals surface area contributed by atoms with Crippen LogP contribution < -0.4 is 4.74 Å². The Morgan fingerprint density at radius 1 is 1.38 bits per heavy atom. The standard InChI is InChI=1S/C18H27N3O3/c1-13-10-14(2)20-17(19-13)24-12-18(23)8-9-21(11-18)16(22)7-6-15-4-3-5-15/h10,15,23H,3-9,11-12H2,1-2H3/t18-/m1/s1. The second kappa shape index (κ2) is 7.05. The van der Waals surface area contributed by atoms with Crippen LogP contribution >= 0.6 is 0 Å². The van der Waals surface area contributed by atoms with E-state index in [1.54, 1.807) is 4.90 Å². The molecule has 1 atom stereocenters. The Kier molecular flexibility index (Phi) is 5.04. The number of carbonyl (C=O) groups is 1. The molecule has 1 aromatic heterocycles. The van der Waals surface area contributed by atoms with Gasteiger partial charge in [-0.2, -0.15) is 0 Å². The fraction of sp³-hybridized carbons (Fsp3) is 0.722. The van der Waals surface area contributed by atoms with Gasteiger partial charge in [-0.05, 0) is 38.7 Å². The molecule has 6 nitrogen and oxygen atoms in total. The molecule has 24 heavy (non-hydrogen) atoms. The molecule has 6 heteroatoms. The van der Waals surface area contributed by atoms with Crippen molar-refractivity contribution in [1.82, 2.24) is 14.9 Å². The van der Waals surface area contributed by atoms with E-state index in [0.717, 1.165) is 23.7 Å². The van der Waals surface area contributed by atoms with Gasteiger partial charge in [0.25, 0.3) is 0 Å². The highest BCUT2D eigenvalue weighted by atomic mass is 16.5. The number of amides is 1. The van der Waals surface area contributed by atoms with Crippen molar-refractivity contribution in [2.24, 2.45) is 5.92 Å². The quantitative estimate of drug-likeness (QED) is 0.862. The molecule has 1 aromatic rings. The first kappa shape index (κ1) is 17.1. The molecule has 2 heterocycles. The number of carbonyl (C=O) groups excluding carboxylic acids is 1. The van der Waals surface area contributed by atoms with Gasteiger partial charge < -0.3 is 14.7 Å². The Morgan fingerprint density at radius 2 is 2.08 bits per heavy atom. The van der Waals surface area contributed by atoms with Crippen molar-refractivity contribution in [3.8, 4) is 6.01 Å². The molecule has 1 aliphatic heterocycles. The predicted molar refractivity (Wildman–Crippen MR) is 89.7 cm³/mol. The summed E-state index contributed by atoms with van der Waals surface area (Å²) in [5.41, 5.74) is 0.667. The van der Waals surface area contributed by atoms with E-state index in [1.165, 1.54) is 19.3 Å². The van der Waals surface area contributed by atoms with Crippen molar-refractivity contribution < 1.29 is 14.6 Å². The van der Waals surface area contributed by atoms with Gasteiger partial charge in [0, 0.05) is 24.4 Å². The van der Waals surface area contributed by atoms with Crippen molar-refractivity contribution >= 4 is 5.91 Å². The molecule has 1 saturated heterocycles. The lowest BCUT2D eigenvalue weighted by Crippen LogP contribution is -2.41. The molecule has 0 aromatic carbocycles. The Bertz CT molecular complexity index is 583. The molecule has 2 aliphatic rings. The first-order valence-electron chi connectivity index (χ1n) is 8.89. The van der Waals surface area contributed by atoms with Crippen LogP contribution in [0.1, 0.15) is 49.9 Å². The largest absolute Gasteiger partial charge is 0.460 e. The fourth-order valence-electron chi connectivity index (χ4n) is 3.41. The summed E-state index contributed by atoms with van der Waals surface area (Å²) in [6, 6.07) is 2.16. The number of likely N-dealkylation sites (tertiary alicyclic amines) is 1. The maximum atomic E-state index is 12.3. The average Bonchev–Trinajstić information content (AvgIpc) is 2.86. The molecule has 0 spiro atoms. The SMILES string of the molecule is Cc1cc(C)nc(OC[C@@]2(O)CCN(C(=O)CCC3CCC3)C2)n1. The zero-order chi connectivity index (χ0) is 17.2. The van der Waals surface area contributed by atoms with E-state index in [9.17, 15) is 9.90 Å². The minimum absolute atomic E-state index is 0.113. The van der Waals surface area contributed by atoms with Crippen molar-refractivity contribution in [2.75, 3.05) is 19.7 Å². The van der Waals surface area contributed by atoms with Gasteiger partial charge in [0.1, 0.15) is 12.2 Å². The van der Waals surface area contributed by atoms with E-state index >= 15 is 0 Å². The number of aryl methyl sites for hydroxylation is 2. The lowest BCUT2D eigenvalue weighted by molar-refractivity contribution is -0.131. The van der Waals surface area contributed by atoms with Crippen LogP contribution in [0.25, 0.3) is 0 Å². The van der Waals surface area contributed by atoms with E-state index < -0.39 is 5.60 Å². The van der Waals surface area contributed by atoms with Gasteiger partial charge in [0.15, 0.2) is 0 Å². The summed E-state index contributed by atoms with van der Waals surface area (Å²) in [5, 5.41) is 10.7. The number of hydrogen-bond acceptors (Lipinski definition) is 5. The second-order valence-corrected chi connectivity index (χ2v) is 7.35. The number of ether oxygens (including phenoxy) is 1.